The van der Waals surface area contributed by atoms with E-state index in [1.165, 1.54) is 0 Å². The fourth-order valence-electron chi connectivity index (χ4n) is 2.57. The lowest BCUT2D eigenvalue weighted by molar-refractivity contribution is 0.414. The van der Waals surface area contributed by atoms with Crippen molar-refractivity contribution in [2.75, 3.05) is 7.11 Å². The average molecular weight is 352 g/mol. The maximum atomic E-state index is 5.18. The van der Waals surface area contributed by atoms with Crippen LogP contribution in [0.1, 0.15) is 11.3 Å². The van der Waals surface area contributed by atoms with Crippen molar-refractivity contribution in [1.82, 2.24) is 29.6 Å². The third-order valence-electron chi connectivity index (χ3n) is 3.83. The summed E-state index contributed by atoms with van der Waals surface area (Å²) in [6.07, 6.45) is 4.04. The summed E-state index contributed by atoms with van der Waals surface area (Å²) in [5.74, 6) is 1.49. The molecular weight excluding hydrogens is 336 g/mol. The Bertz CT molecular complexity index is 1010. The van der Waals surface area contributed by atoms with Crippen LogP contribution >= 0.6 is 11.8 Å². The van der Waals surface area contributed by atoms with Gasteiger partial charge in [-0.25, -0.2) is 4.98 Å². The number of methoxy groups -OCH3 is 1. The van der Waals surface area contributed by atoms with E-state index in [0.29, 0.717) is 5.75 Å². The number of imidazole rings is 1. The van der Waals surface area contributed by atoms with Crippen LogP contribution in [0.3, 0.4) is 0 Å². The van der Waals surface area contributed by atoms with E-state index in [1.54, 1.807) is 23.6 Å². The number of hydrogen-bond acceptors (Lipinski definition) is 6. The summed E-state index contributed by atoms with van der Waals surface area (Å²) in [5, 5.41) is 12.7. The molecule has 3 heterocycles. The topological polar surface area (TPSA) is 70.1 Å². The molecule has 8 heteroatoms. The predicted octanol–water partition coefficient (Wildman–Crippen LogP) is 2.92. The van der Waals surface area contributed by atoms with Gasteiger partial charge in [-0.3, -0.25) is 0 Å². The van der Waals surface area contributed by atoms with Crippen LogP contribution in [0.2, 0.25) is 0 Å². The Morgan fingerprint density at radius 3 is 2.76 bits per heavy atom. The zero-order valence-electron chi connectivity index (χ0n) is 13.8. The molecule has 25 heavy (non-hydrogen) atoms. The van der Waals surface area contributed by atoms with Crippen molar-refractivity contribution in [3.05, 3.63) is 60.0 Å². The molecule has 0 radical (unpaired) electrons. The summed E-state index contributed by atoms with van der Waals surface area (Å²) in [7, 11) is 1.64. The van der Waals surface area contributed by atoms with E-state index in [2.05, 4.69) is 33.5 Å². The molecule has 0 aliphatic heterocycles. The second-order valence-corrected chi connectivity index (χ2v) is 6.46. The van der Waals surface area contributed by atoms with Gasteiger partial charge in [0.1, 0.15) is 11.4 Å². The second kappa shape index (κ2) is 6.56. The van der Waals surface area contributed by atoms with E-state index in [-0.39, 0.29) is 0 Å². The highest BCUT2D eigenvalue weighted by molar-refractivity contribution is 7.98. The van der Waals surface area contributed by atoms with Gasteiger partial charge < -0.3 is 9.14 Å². The highest BCUT2D eigenvalue weighted by Gasteiger charge is 2.11. The van der Waals surface area contributed by atoms with E-state index < -0.39 is 0 Å². The van der Waals surface area contributed by atoms with Crippen LogP contribution in [0.4, 0.5) is 0 Å². The van der Waals surface area contributed by atoms with Crippen molar-refractivity contribution < 1.29 is 4.74 Å². The SMILES string of the molecule is COc1ccc(-n2nnnc2SCc2cn3cccc(C)c3n2)cc1. The standard InChI is InChI=1S/C17H16N6OS/c1-12-4-3-9-22-10-13(18-16(12)22)11-25-17-19-20-21-23(17)14-5-7-15(24-2)8-6-14/h3-10H,11H2,1-2H3. The first-order valence-electron chi connectivity index (χ1n) is 7.73. The minimum absolute atomic E-state index is 0.692. The van der Waals surface area contributed by atoms with E-state index >= 15 is 0 Å². The highest BCUT2D eigenvalue weighted by Crippen LogP contribution is 2.23. The van der Waals surface area contributed by atoms with Gasteiger partial charge in [0.15, 0.2) is 0 Å². The Hall–Kier alpha value is -2.87. The molecule has 0 spiro atoms. The van der Waals surface area contributed by atoms with Gasteiger partial charge in [-0.15, -0.1) is 5.10 Å². The molecule has 4 rings (SSSR count). The minimum atomic E-state index is 0.692. The van der Waals surface area contributed by atoms with E-state index in [9.17, 15) is 0 Å². The van der Waals surface area contributed by atoms with Gasteiger partial charge >= 0.3 is 0 Å². The van der Waals surface area contributed by atoms with Crippen LogP contribution in [0, 0.1) is 6.92 Å². The number of ether oxygens (including phenoxy) is 1. The van der Waals surface area contributed by atoms with Crippen LogP contribution in [-0.4, -0.2) is 36.7 Å². The lowest BCUT2D eigenvalue weighted by Gasteiger charge is -2.04. The first kappa shape index (κ1) is 15.6. The second-order valence-electron chi connectivity index (χ2n) is 5.51. The maximum absolute atomic E-state index is 5.18. The molecule has 126 valence electrons. The third kappa shape index (κ3) is 3.08. The van der Waals surface area contributed by atoms with Gasteiger partial charge in [0, 0.05) is 18.1 Å². The smallest absolute Gasteiger partial charge is 0.214 e. The summed E-state index contributed by atoms with van der Waals surface area (Å²) in [6, 6.07) is 11.7. The normalized spacial score (nSPS) is 11.1. The predicted molar refractivity (Wildman–Crippen MR) is 95.2 cm³/mol. The van der Waals surface area contributed by atoms with Crippen molar-refractivity contribution in [3.8, 4) is 11.4 Å². The Morgan fingerprint density at radius 1 is 1.16 bits per heavy atom. The molecular formula is C17H16N6OS. The van der Waals surface area contributed by atoms with Crippen LogP contribution < -0.4 is 4.74 Å². The first-order valence-corrected chi connectivity index (χ1v) is 8.72. The van der Waals surface area contributed by atoms with Crippen molar-refractivity contribution >= 4 is 17.4 Å². The summed E-state index contributed by atoms with van der Waals surface area (Å²) in [5.41, 5.74) is 4.01. The molecule has 0 amide bonds. The summed E-state index contributed by atoms with van der Waals surface area (Å²) < 4.78 is 8.94. The highest BCUT2D eigenvalue weighted by atomic mass is 32.2. The van der Waals surface area contributed by atoms with Gasteiger partial charge in [-0.1, -0.05) is 17.8 Å². The van der Waals surface area contributed by atoms with Gasteiger partial charge in [-0.2, -0.15) is 4.68 Å². The number of pyridine rings is 1. The molecule has 0 aliphatic carbocycles. The number of tetrazole rings is 1. The Morgan fingerprint density at radius 2 is 2.00 bits per heavy atom. The molecule has 7 nitrogen and oxygen atoms in total. The van der Waals surface area contributed by atoms with Crippen LogP contribution in [0.25, 0.3) is 11.3 Å². The fraction of sp³-hybridized carbons (Fsp3) is 0.176. The monoisotopic (exact) mass is 352 g/mol. The molecule has 0 saturated heterocycles. The summed E-state index contributed by atoms with van der Waals surface area (Å²) >= 11 is 1.55. The zero-order valence-corrected chi connectivity index (χ0v) is 14.6. The number of fused-ring (bicyclic) bond motifs is 1. The third-order valence-corrected chi connectivity index (χ3v) is 4.79. The largest absolute Gasteiger partial charge is 0.497 e. The number of benzene rings is 1. The molecule has 1 aromatic carbocycles. The maximum Gasteiger partial charge on any atom is 0.214 e. The quantitative estimate of drug-likeness (QED) is 0.514. The minimum Gasteiger partial charge on any atom is -0.497 e. The molecule has 0 bridgehead atoms. The molecule has 0 saturated carbocycles. The van der Waals surface area contributed by atoms with E-state index in [4.69, 9.17) is 4.74 Å². The Balaban J connectivity index is 1.55. The summed E-state index contributed by atoms with van der Waals surface area (Å²) in [6.45, 7) is 2.06. The van der Waals surface area contributed by atoms with E-state index in [1.807, 2.05) is 47.1 Å². The number of hydrogen-bond donors (Lipinski definition) is 0. The van der Waals surface area contributed by atoms with Crippen LogP contribution in [0.15, 0.2) is 53.9 Å². The molecule has 0 N–H and O–H groups in total. The number of aryl methyl sites for hydroxylation is 1. The average Bonchev–Trinajstić information content (AvgIpc) is 3.27. The Kier molecular flexibility index (Phi) is 4.10. The molecule has 0 fully saturated rings. The van der Waals surface area contributed by atoms with Gasteiger partial charge in [0.2, 0.25) is 5.16 Å². The van der Waals surface area contributed by atoms with Gasteiger partial charge in [0.25, 0.3) is 0 Å². The Labute approximate surface area is 148 Å². The van der Waals surface area contributed by atoms with Crippen molar-refractivity contribution in [2.24, 2.45) is 0 Å². The van der Waals surface area contributed by atoms with Crippen molar-refractivity contribution in [2.45, 2.75) is 17.8 Å². The number of rotatable bonds is 5. The fourth-order valence-corrected chi connectivity index (χ4v) is 3.34. The number of nitrogens with zero attached hydrogens (tertiary/aromatic N) is 6. The lowest BCUT2D eigenvalue weighted by atomic mass is 10.3. The van der Waals surface area contributed by atoms with E-state index in [0.717, 1.165) is 33.5 Å². The van der Waals surface area contributed by atoms with Crippen LogP contribution in [-0.2, 0) is 5.75 Å². The first-order chi connectivity index (χ1) is 12.2. The molecule has 0 unspecified atom stereocenters. The van der Waals surface area contributed by atoms with Gasteiger partial charge in [0.05, 0.1) is 18.5 Å². The van der Waals surface area contributed by atoms with Crippen molar-refractivity contribution in [1.29, 1.82) is 0 Å². The molecule has 3 aromatic heterocycles. The number of aromatic nitrogens is 6. The molecule has 0 aliphatic rings. The number of thioether (sulfide) groups is 1. The van der Waals surface area contributed by atoms with Gasteiger partial charge in [-0.05, 0) is 53.2 Å². The molecule has 4 aromatic rings. The summed E-state index contributed by atoms with van der Waals surface area (Å²) in [4.78, 5) is 4.68. The van der Waals surface area contributed by atoms with Crippen LogP contribution in [0.5, 0.6) is 5.75 Å². The molecule has 0 atom stereocenters. The zero-order chi connectivity index (χ0) is 17.2. The lowest BCUT2D eigenvalue weighted by Crippen LogP contribution is -1.99. The van der Waals surface area contributed by atoms with Crippen molar-refractivity contribution in [3.63, 3.8) is 0 Å².